The summed E-state index contributed by atoms with van der Waals surface area (Å²) in [6.45, 7) is 4.61. The lowest BCUT2D eigenvalue weighted by Gasteiger charge is -2.13. The van der Waals surface area contributed by atoms with E-state index in [0.717, 1.165) is 4.90 Å². The maximum Gasteiger partial charge on any atom is 0.333 e. The third kappa shape index (κ3) is 4.08. The fraction of sp³-hybridized carbons (Fsp3) is 0.200. The standard InChI is InChI=1S/C20H18Cl2N2O4/c1-3-27-17-9-12(15(22)11-18(17)28-4-2)8-16-19(25)24(20(26)23-16)14-7-5-6-13(21)10-14/h5-11H,3-4H2,1-2H3,(H,23,26)/b16-8+. The van der Waals surface area contributed by atoms with Crippen molar-refractivity contribution in [3.63, 3.8) is 0 Å². The summed E-state index contributed by atoms with van der Waals surface area (Å²) in [5.41, 5.74) is 0.995. The van der Waals surface area contributed by atoms with E-state index in [1.165, 1.54) is 6.08 Å². The van der Waals surface area contributed by atoms with Crippen LogP contribution >= 0.6 is 23.2 Å². The van der Waals surface area contributed by atoms with Crippen molar-refractivity contribution < 1.29 is 19.1 Å². The molecule has 1 aliphatic rings. The normalized spacial score (nSPS) is 15.1. The van der Waals surface area contributed by atoms with Gasteiger partial charge in [-0.25, -0.2) is 9.69 Å². The summed E-state index contributed by atoms with van der Waals surface area (Å²) < 4.78 is 11.1. The minimum Gasteiger partial charge on any atom is -0.490 e. The fourth-order valence-corrected chi connectivity index (χ4v) is 3.13. The Balaban J connectivity index is 1.96. The Hall–Kier alpha value is -2.70. The van der Waals surface area contributed by atoms with Crippen LogP contribution in [0.5, 0.6) is 11.5 Å². The number of benzene rings is 2. The molecule has 1 heterocycles. The van der Waals surface area contributed by atoms with Gasteiger partial charge >= 0.3 is 6.03 Å². The SMILES string of the molecule is CCOc1cc(Cl)c(/C=C2/NC(=O)N(c3cccc(Cl)c3)C2=O)cc1OCC. The summed E-state index contributed by atoms with van der Waals surface area (Å²) in [5, 5.41) is 3.35. The average Bonchev–Trinajstić information content (AvgIpc) is 2.92. The van der Waals surface area contributed by atoms with Crippen molar-refractivity contribution in [1.82, 2.24) is 5.32 Å². The Bertz CT molecular complexity index is 959. The van der Waals surface area contributed by atoms with Gasteiger partial charge in [0.25, 0.3) is 5.91 Å². The van der Waals surface area contributed by atoms with Crippen LogP contribution in [0.2, 0.25) is 10.0 Å². The zero-order valence-corrected chi connectivity index (χ0v) is 16.8. The van der Waals surface area contributed by atoms with Gasteiger partial charge in [-0.15, -0.1) is 0 Å². The average molecular weight is 421 g/mol. The van der Waals surface area contributed by atoms with Gasteiger partial charge in [0.1, 0.15) is 5.70 Å². The van der Waals surface area contributed by atoms with Crippen LogP contribution in [0.4, 0.5) is 10.5 Å². The van der Waals surface area contributed by atoms with Crippen molar-refractivity contribution in [1.29, 1.82) is 0 Å². The Morgan fingerprint density at radius 1 is 1.04 bits per heavy atom. The molecule has 28 heavy (non-hydrogen) atoms. The lowest BCUT2D eigenvalue weighted by molar-refractivity contribution is -0.113. The second-order valence-corrected chi connectivity index (χ2v) is 6.64. The highest BCUT2D eigenvalue weighted by Crippen LogP contribution is 2.35. The zero-order chi connectivity index (χ0) is 20.3. The smallest absolute Gasteiger partial charge is 0.333 e. The van der Waals surface area contributed by atoms with Crippen molar-refractivity contribution in [2.75, 3.05) is 18.1 Å². The topological polar surface area (TPSA) is 67.9 Å². The molecular weight excluding hydrogens is 403 g/mol. The van der Waals surface area contributed by atoms with Crippen LogP contribution in [0.1, 0.15) is 19.4 Å². The van der Waals surface area contributed by atoms with E-state index in [2.05, 4.69) is 5.32 Å². The molecule has 8 heteroatoms. The highest BCUT2D eigenvalue weighted by atomic mass is 35.5. The number of halogens is 2. The number of imide groups is 1. The number of nitrogens with zero attached hydrogens (tertiary/aromatic N) is 1. The molecule has 0 atom stereocenters. The molecule has 0 aromatic heterocycles. The molecule has 2 aromatic carbocycles. The number of amides is 3. The van der Waals surface area contributed by atoms with Crippen molar-refractivity contribution in [2.45, 2.75) is 13.8 Å². The van der Waals surface area contributed by atoms with E-state index in [9.17, 15) is 9.59 Å². The van der Waals surface area contributed by atoms with Gasteiger partial charge in [0.15, 0.2) is 11.5 Å². The molecule has 1 saturated heterocycles. The van der Waals surface area contributed by atoms with Gasteiger partial charge in [0, 0.05) is 11.1 Å². The Labute approximate surface area is 172 Å². The number of hydrogen-bond donors (Lipinski definition) is 1. The summed E-state index contributed by atoms with van der Waals surface area (Å²) in [6.07, 6.45) is 1.51. The molecule has 2 aromatic rings. The Kier molecular flexibility index (Phi) is 6.11. The fourth-order valence-electron chi connectivity index (χ4n) is 2.74. The van der Waals surface area contributed by atoms with Crippen molar-refractivity contribution >= 4 is 46.9 Å². The molecule has 146 valence electrons. The Morgan fingerprint density at radius 2 is 1.71 bits per heavy atom. The number of ether oxygens (including phenoxy) is 2. The molecule has 0 bridgehead atoms. The van der Waals surface area contributed by atoms with E-state index in [0.29, 0.717) is 46.0 Å². The van der Waals surface area contributed by atoms with Gasteiger partial charge in [-0.1, -0.05) is 29.3 Å². The quantitative estimate of drug-likeness (QED) is 0.533. The molecule has 0 radical (unpaired) electrons. The van der Waals surface area contributed by atoms with Gasteiger partial charge < -0.3 is 14.8 Å². The lowest BCUT2D eigenvalue weighted by atomic mass is 10.1. The van der Waals surface area contributed by atoms with E-state index in [1.807, 2.05) is 13.8 Å². The van der Waals surface area contributed by atoms with E-state index < -0.39 is 11.9 Å². The maximum atomic E-state index is 12.8. The third-order valence-corrected chi connectivity index (χ3v) is 4.47. The molecule has 0 aliphatic carbocycles. The van der Waals surface area contributed by atoms with E-state index in [1.54, 1.807) is 36.4 Å². The molecular formula is C20H18Cl2N2O4. The van der Waals surface area contributed by atoms with Crippen LogP contribution < -0.4 is 19.7 Å². The van der Waals surface area contributed by atoms with E-state index in [4.69, 9.17) is 32.7 Å². The summed E-state index contributed by atoms with van der Waals surface area (Å²) in [7, 11) is 0. The van der Waals surface area contributed by atoms with Crippen LogP contribution in [0.3, 0.4) is 0 Å². The number of carbonyl (C=O) groups excluding carboxylic acids is 2. The molecule has 0 unspecified atom stereocenters. The molecule has 3 amide bonds. The lowest BCUT2D eigenvalue weighted by Crippen LogP contribution is -2.30. The molecule has 0 saturated carbocycles. The number of anilines is 1. The predicted octanol–water partition coefficient (Wildman–Crippen LogP) is 4.89. The van der Waals surface area contributed by atoms with E-state index >= 15 is 0 Å². The zero-order valence-electron chi connectivity index (χ0n) is 15.3. The predicted molar refractivity (Wildman–Crippen MR) is 109 cm³/mol. The second kappa shape index (κ2) is 8.54. The van der Waals surface area contributed by atoms with Gasteiger partial charge in [0.05, 0.1) is 23.9 Å². The van der Waals surface area contributed by atoms with Crippen molar-refractivity contribution in [3.8, 4) is 11.5 Å². The highest BCUT2D eigenvalue weighted by Gasteiger charge is 2.35. The van der Waals surface area contributed by atoms with Gasteiger partial charge in [-0.3, -0.25) is 4.79 Å². The summed E-state index contributed by atoms with van der Waals surface area (Å²) in [4.78, 5) is 26.1. The molecule has 6 nitrogen and oxygen atoms in total. The number of carbonyl (C=O) groups is 2. The van der Waals surface area contributed by atoms with Gasteiger partial charge in [0.2, 0.25) is 0 Å². The van der Waals surface area contributed by atoms with Crippen LogP contribution in [0.15, 0.2) is 42.1 Å². The minimum atomic E-state index is -0.564. The first-order valence-electron chi connectivity index (χ1n) is 8.66. The first-order chi connectivity index (χ1) is 13.4. The first kappa shape index (κ1) is 20.0. The monoisotopic (exact) mass is 420 g/mol. The molecule has 1 N–H and O–H groups in total. The van der Waals surface area contributed by atoms with Crippen LogP contribution in [-0.2, 0) is 4.79 Å². The van der Waals surface area contributed by atoms with Crippen molar-refractivity contribution in [3.05, 3.63) is 57.7 Å². The molecule has 1 fully saturated rings. The second-order valence-electron chi connectivity index (χ2n) is 5.80. The summed E-state index contributed by atoms with van der Waals surface area (Å²) in [5.74, 6) is 0.512. The van der Waals surface area contributed by atoms with E-state index in [-0.39, 0.29) is 5.70 Å². The summed E-state index contributed by atoms with van der Waals surface area (Å²) >= 11 is 12.3. The number of hydrogen-bond acceptors (Lipinski definition) is 4. The first-order valence-corrected chi connectivity index (χ1v) is 9.42. The van der Waals surface area contributed by atoms with Gasteiger partial charge in [-0.05, 0) is 49.8 Å². The Morgan fingerprint density at radius 3 is 2.36 bits per heavy atom. The number of urea groups is 1. The largest absolute Gasteiger partial charge is 0.490 e. The van der Waals surface area contributed by atoms with Crippen LogP contribution in [0.25, 0.3) is 6.08 Å². The number of rotatable bonds is 6. The van der Waals surface area contributed by atoms with Crippen molar-refractivity contribution in [2.24, 2.45) is 0 Å². The maximum absolute atomic E-state index is 12.8. The highest BCUT2D eigenvalue weighted by molar-refractivity contribution is 6.34. The van der Waals surface area contributed by atoms with Crippen LogP contribution in [0, 0.1) is 0 Å². The summed E-state index contributed by atoms with van der Waals surface area (Å²) in [6, 6.07) is 9.23. The number of nitrogens with one attached hydrogen (secondary N) is 1. The van der Waals surface area contributed by atoms with Gasteiger partial charge in [-0.2, -0.15) is 0 Å². The molecule has 3 rings (SSSR count). The molecule has 0 spiro atoms. The molecule has 1 aliphatic heterocycles. The van der Waals surface area contributed by atoms with Crippen LogP contribution in [-0.4, -0.2) is 25.2 Å². The minimum absolute atomic E-state index is 0.0958. The third-order valence-electron chi connectivity index (χ3n) is 3.91.